The van der Waals surface area contributed by atoms with Crippen molar-refractivity contribution in [3.05, 3.63) is 100 Å². The Morgan fingerprint density at radius 1 is 0.968 bits per heavy atom. The first-order valence-corrected chi connectivity index (χ1v) is 11.5. The molecule has 1 amide bonds. The molecule has 0 aliphatic carbocycles. The Kier molecular flexibility index (Phi) is 5.48. The van der Waals surface area contributed by atoms with Gasteiger partial charge in [0.1, 0.15) is 5.82 Å². The maximum absolute atomic E-state index is 12.7. The summed E-state index contributed by atoms with van der Waals surface area (Å²) in [6.07, 6.45) is 0. The van der Waals surface area contributed by atoms with E-state index in [1.807, 2.05) is 72.8 Å². The number of carbonyl (C=O) groups excluding carboxylic acids is 1. The summed E-state index contributed by atoms with van der Waals surface area (Å²) in [5.74, 6) is 0.896. The number of amides is 1. The van der Waals surface area contributed by atoms with Gasteiger partial charge in [0.2, 0.25) is 5.91 Å². The maximum Gasteiger partial charge on any atom is 0.235 e. The average Bonchev–Trinajstić information content (AvgIpc) is 3.06. The monoisotopic (exact) mass is 465 g/mol. The molecule has 31 heavy (non-hydrogen) atoms. The number of hydrogen-bond acceptors (Lipinski definition) is 3. The van der Waals surface area contributed by atoms with Crippen LogP contribution in [0.4, 0.5) is 5.82 Å². The van der Waals surface area contributed by atoms with E-state index in [4.69, 9.17) is 28.3 Å². The largest absolute Gasteiger partial charge is 0.310 e. The van der Waals surface area contributed by atoms with Crippen LogP contribution in [0.15, 0.2) is 78.9 Å². The molecule has 0 spiro atoms. The number of rotatable bonds is 3. The summed E-state index contributed by atoms with van der Waals surface area (Å²) in [7, 11) is 0. The fraction of sp³-hybridized carbons (Fsp3) is 0.0833. The molecule has 4 nitrogen and oxygen atoms in total. The van der Waals surface area contributed by atoms with Gasteiger partial charge in [0.05, 0.1) is 22.4 Å². The van der Waals surface area contributed by atoms with E-state index in [0.29, 0.717) is 21.6 Å². The Hall–Kier alpha value is -2.73. The Balaban J connectivity index is 1.80. The van der Waals surface area contributed by atoms with Gasteiger partial charge in [-0.3, -0.25) is 4.79 Å². The standard InChI is InChI=1S/C24H17Cl2N3OS/c25-16-11-12-18(19(26)13-16)23-21-22(15-7-3-1-4-8-15)28-29(17-9-5-2-6-10-17)24(21)27-20(30)14-31-23/h1-13,23H,14H2,(H,27,30). The maximum atomic E-state index is 12.7. The molecule has 7 heteroatoms. The van der Waals surface area contributed by atoms with E-state index in [1.54, 1.807) is 10.7 Å². The third-order valence-electron chi connectivity index (χ3n) is 5.12. The van der Waals surface area contributed by atoms with Crippen LogP contribution in [0.2, 0.25) is 10.0 Å². The zero-order valence-corrected chi connectivity index (χ0v) is 18.6. The number of aromatic nitrogens is 2. The number of benzene rings is 3. The molecule has 4 aromatic rings. The van der Waals surface area contributed by atoms with Crippen LogP contribution in [-0.2, 0) is 4.79 Å². The fourth-order valence-corrected chi connectivity index (χ4v) is 5.48. The van der Waals surface area contributed by atoms with Gasteiger partial charge in [-0.05, 0) is 29.8 Å². The van der Waals surface area contributed by atoms with Crippen LogP contribution in [0.3, 0.4) is 0 Å². The first kappa shape index (κ1) is 20.2. The number of carbonyl (C=O) groups is 1. The number of para-hydroxylation sites is 1. The van der Waals surface area contributed by atoms with E-state index in [1.165, 1.54) is 11.8 Å². The van der Waals surface area contributed by atoms with Crippen molar-refractivity contribution in [2.45, 2.75) is 5.25 Å². The second-order valence-electron chi connectivity index (χ2n) is 7.13. The van der Waals surface area contributed by atoms with Crippen molar-refractivity contribution in [2.75, 3.05) is 11.1 Å². The topological polar surface area (TPSA) is 46.9 Å². The SMILES string of the molecule is O=C1CSC(c2ccc(Cl)cc2Cl)c2c(-c3ccccc3)nn(-c3ccccc3)c2N1. The number of nitrogens with zero attached hydrogens (tertiary/aromatic N) is 2. The Morgan fingerprint density at radius 2 is 1.68 bits per heavy atom. The number of fused-ring (bicyclic) bond motifs is 1. The molecule has 154 valence electrons. The number of halogens is 2. The van der Waals surface area contributed by atoms with Crippen molar-refractivity contribution in [1.29, 1.82) is 0 Å². The van der Waals surface area contributed by atoms with Crippen LogP contribution in [0.25, 0.3) is 16.9 Å². The van der Waals surface area contributed by atoms with Crippen molar-refractivity contribution >= 4 is 46.7 Å². The normalized spacial score (nSPS) is 15.8. The second kappa shape index (κ2) is 8.42. The highest BCUT2D eigenvalue weighted by atomic mass is 35.5. The van der Waals surface area contributed by atoms with E-state index >= 15 is 0 Å². The van der Waals surface area contributed by atoms with Gasteiger partial charge in [-0.25, -0.2) is 4.68 Å². The lowest BCUT2D eigenvalue weighted by molar-refractivity contribution is -0.113. The van der Waals surface area contributed by atoms with Crippen LogP contribution >= 0.6 is 35.0 Å². The summed E-state index contributed by atoms with van der Waals surface area (Å²) < 4.78 is 1.80. The first-order valence-electron chi connectivity index (χ1n) is 9.72. The van der Waals surface area contributed by atoms with E-state index < -0.39 is 0 Å². The summed E-state index contributed by atoms with van der Waals surface area (Å²) in [6, 6.07) is 25.3. The minimum atomic E-state index is -0.189. The second-order valence-corrected chi connectivity index (χ2v) is 9.07. The van der Waals surface area contributed by atoms with Crippen LogP contribution in [-0.4, -0.2) is 21.4 Å². The summed E-state index contributed by atoms with van der Waals surface area (Å²) in [5, 5.41) is 8.98. The zero-order chi connectivity index (χ0) is 21.4. The van der Waals surface area contributed by atoms with E-state index in [-0.39, 0.29) is 11.2 Å². The van der Waals surface area contributed by atoms with Crippen LogP contribution < -0.4 is 5.32 Å². The molecule has 1 unspecified atom stereocenters. The van der Waals surface area contributed by atoms with E-state index in [0.717, 1.165) is 28.1 Å². The predicted molar refractivity (Wildman–Crippen MR) is 128 cm³/mol. The number of anilines is 1. The minimum Gasteiger partial charge on any atom is -0.310 e. The lowest BCUT2D eigenvalue weighted by Gasteiger charge is -2.18. The van der Waals surface area contributed by atoms with Gasteiger partial charge in [0.25, 0.3) is 0 Å². The number of thioether (sulfide) groups is 1. The molecule has 0 bridgehead atoms. The average molecular weight is 466 g/mol. The van der Waals surface area contributed by atoms with Gasteiger partial charge in [0.15, 0.2) is 0 Å². The molecule has 5 rings (SSSR count). The fourth-order valence-electron chi connectivity index (χ4n) is 3.73. The highest BCUT2D eigenvalue weighted by Gasteiger charge is 2.33. The molecular weight excluding hydrogens is 449 g/mol. The molecule has 3 aromatic carbocycles. The van der Waals surface area contributed by atoms with Crippen molar-refractivity contribution in [2.24, 2.45) is 0 Å². The predicted octanol–water partition coefficient (Wildman–Crippen LogP) is 6.62. The van der Waals surface area contributed by atoms with Crippen LogP contribution in [0.5, 0.6) is 0 Å². The third kappa shape index (κ3) is 3.85. The molecule has 1 atom stereocenters. The molecule has 2 heterocycles. The third-order valence-corrected chi connectivity index (χ3v) is 6.93. The van der Waals surface area contributed by atoms with Gasteiger partial charge in [-0.2, -0.15) is 5.10 Å². The Labute approximate surface area is 194 Å². The zero-order valence-electron chi connectivity index (χ0n) is 16.3. The summed E-state index contributed by atoms with van der Waals surface area (Å²) in [4.78, 5) is 12.7. The van der Waals surface area contributed by atoms with Gasteiger partial charge in [-0.15, -0.1) is 11.8 Å². The van der Waals surface area contributed by atoms with Crippen LogP contribution in [0, 0.1) is 0 Å². The van der Waals surface area contributed by atoms with Gasteiger partial charge in [0, 0.05) is 21.2 Å². The molecule has 0 saturated carbocycles. The van der Waals surface area contributed by atoms with E-state index in [9.17, 15) is 4.79 Å². The highest BCUT2D eigenvalue weighted by molar-refractivity contribution is 8.00. The lowest BCUT2D eigenvalue weighted by Crippen LogP contribution is -2.15. The molecule has 0 saturated heterocycles. The first-order chi connectivity index (χ1) is 15.1. The summed E-state index contributed by atoms with van der Waals surface area (Å²) >= 11 is 14.3. The van der Waals surface area contributed by atoms with Crippen molar-refractivity contribution in [3.63, 3.8) is 0 Å². The van der Waals surface area contributed by atoms with Gasteiger partial charge in [-0.1, -0.05) is 77.8 Å². The molecule has 1 aromatic heterocycles. The molecule has 0 radical (unpaired) electrons. The van der Waals surface area contributed by atoms with Crippen LogP contribution in [0.1, 0.15) is 16.4 Å². The number of nitrogens with one attached hydrogen (secondary N) is 1. The molecule has 1 N–H and O–H groups in total. The van der Waals surface area contributed by atoms with Crippen molar-refractivity contribution in [3.8, 4) is 16.9 Å². The van der Waals surface area contributed by atoms with Crippen molar-refractivity contribution in [1.82, 2.24) is 9.78 Å². The molecule has 0 fully saturated rings. The van der Waals surface area contributed by atoms with Gasteiger partial charge >= 0.3 is 0 Å². The molecular formula is C24H17Cl2N3OS. The summed E-state index contributed by atoms with van der Waals surface area (Å²) in [6.45, 7) is 0. The minimum absolute atomic E-state index is 0.0736. The molecule has 1 aliphatic heterocycles. The number of hydrogen-bond donors (Lipinski definition) is 1. The highest BCUT2D eigenvalue weighted by Crippen LogP contribution is 2.48. The lowest BCUT2D eigenvalue weighted by atomic mass is 10.00. The molecule has 1 aliphatic rings. The summed E-state index contributed by atoms with van der Waals surface area (Å²) in [5.41, 5.74) is 4.48. The Bertz CT molecular complexity index is 1260. The van der Waals surface area contributed by atoms with E-state index in [2.05, 4.69) is 5.32 Å². The smallest absolute Gasteiger partial charge is 0.235 e. The van der Waals surface area contributed by atoms with Gasteiger partial charge < -0.3 is 5.32 Å². The Morgan fingerprint density at radius 3 is 2.39 bits per heavy atom. The van der Waals surface area contributed by atoms with Crippen molar-refractivity contribution < 1.29 is 4.79 Å². The quantitative estimate of drug-likeness (QED) is 0.369.